The predicted molar refractivity (Wildman–Crippen MR) is 120 cm³/mol. The van der Waals surface area contributed by atoms with Crippen LogP contribution in [0, 0.1) is 10.8 Å². The Hall–Kier alpha value is -4.34. The van der Waals surface area contributed by atoms with Crippen LogP contribution in [-0.2, 0) is 13.5 Å². The second-order valence-electron chi connectivity index (χ2n) is 6.94. The van der Waals surface area contributed by atoms with Gasteiger partial charge in [0.1, 0.15) is 22.9 Å². The van der Waals surface area contributed by atoms with E-state index in [1.165, 1.54) is 4.57 Å². The van der Waals surface area contributed by atoms with Gasteiger partial charge in [0.25, 0.3) is 0 Å². The summed E-state index contributed by atoms with van der Waals surface area (Å²) < 4.78 is 8.69. The van der Waals surface area contributed by atoms with Gasteiger partial charge in [-0.25, -0.2) is 9.97 Å². The van der Waals surface area contributed by atoms with Crippen LogP contribution >= 0.6 is 0 Å². The lowest BCUT2D eigenvalue weighted by molar-refractivity contribution is 0.339. The molecule has 4 rings (SSSR count). The number of aryl methyl sites for hydroxylation is 1. The van der Waals surface area contributed by atoms with Crippen molar-refractivity contribution in [3.63, 3.8) is 0 Å². The minimum atomic E-state index is 0.174. The summed E-state index contributed by atoms with van der Waals surface area (Å²) in [6.07, 6.45) is 6.98. The van der Waals surface area contributed by atoms with Crippen molar-refractivity contribution in [3.05, 3.63) is 72.4 Å². The monoisotopic (exact) mass is 429 g/mol. The van der Waals surface area contributed by atoms with Crippen LogP contribution < -0.4 is 15.5 Å². The third kappa shape index (κ3) is 4.69. The van der Waals surface area contributed by atoms with Crippen molar-refractivity contribution in [2.75, 3.05) is 11.9 Å². The number of hydrogen-bond acceptors (Lipinski definition) is 8. The van der Waals surface area contributed by atoms with Gasteiger partial charge in [-0.3, -0.25) is 25.1 Å². The summed E-state index contributed by atoms with van der Waals surface area (Å²) in [6.45, 7) is 2.48. The zero-order valence-corrected chi connectivity index (χ0v) is 17.8. The summed E-state index contributed by atoms with van der Waals surface area (Å²) in [5.74, 6) is 2.16. The van der Waals surface area contributed by atoms with E-state index in [4.69, 9.17) is 15.6 Å². The third-order valence-corrected chi connectivity index (χ3v) is 4.71. The van der Waals surface area contributed by atoms with Gasteiger partial charge < -0.3 is 10.1 Å². The van der Waals surface area contributed by atoms with E-state index in [1.54, 1.807) is 47.7 Å². The Labute approximate surface area is 184 Å². The Morgan fingerprint density at radius 3 is 2.69 bits per heavy atom. The Kier molecular flexibility index (Phi) is 6.02. The average molecular weight is 429 g/mol. The first-order chi connectivity index (χ1) is 15.5. The third-order valence-electron chi connectivity index (χ3n) is 4.71. The van der Waals surface area contributed by atoms with Gasteiger partial charge in [-0.05, 0) is 31.2 Å². The van der Waals surface area contributed by atoms with Gasteiger partial charge in [-0.1, -0.05) is 0 Å². The number of nitrogens with one attached hydrogen (secondary N) is 3. The molecule has 4 aromatic heterocycles. The predicted octanol–water partition coefficient (Wildman–Crippen LogP) is 2.76. The number of anilines is 2. The van der Waals surface area contributed by atoms with Gasteiger partial charge in [0.05, 0.1) is 24.2 Å². The molecule has 4 heterocycles. The quantitative estimate of drug-likeness (QED) is 0.306. The van der Waals surface area contributed by atoms with Crippen molar-refractivity contribution in [3.8, 4) is 17.0 Å². The molecule has 0 aliphatic rings. The van der Waals surface area contributed by atoms with Crippen molar-refractivity contribution in [1.29, 1.82) is 10.8 Å². The lowest BCUT2D eigenvalue weighted by atomic mass is 10.2. The minimum Gasteiger partial charge on any atom is -0.494 e. The van der Waals surface area contributed by atoms with Gasteiger partial charge in [-0.15, -0.1) is 0 Å². The Bertz CT molecular complexity index is 1310. The fourth-order valence-electron chi connectivity index (χ4n) is 3.15. The average Bonchev–Trinajstić information content (AvgIpc) is 3.18. The fraction of sp³-hybridized carbons (Fsp3) is 0.182. The van der Waals surface area contributed by atoms with E-state index in [0.717, 1.165) is 17.1 Å². The first-order valence-corrected chi connectivity index (χ1v) is 10.0. The van der Waals surface area contributed by atoms with Crippen LogP contribution in [0.2, 0.25) is 0 Å². The highest BCUT2D eigenvalue weighted by molar-refractivity contribution is 5.83. The van der Waals surface area contributed by atoms with Crippen molar-refractivity contribution in [2.24, 2.45) is 7.05 Å². The number of aromatic nitrogens is 6. The minimum absolute atomic E-state index is 0.174. The maximum absolute atomic E-state index is 8.44. The number of nitrogens with zero attached hydrogens (tertiary/aromatic N) is 6. The molecule has 0 bridgehead atoms. The van der Waals surface area contributed by atoms with E-state index in [9.17, 15) is 0 Å². The summed E-state index contributed by atoms with van der Waals surface area (Å²) in [5, 5.41) is 24.1. The SMILES string of the molecule is CCOc1ccnc(CC(=N)n2ccc(-c3ccnc(Nc4ccnn4C)n3)cc2=N)c1. The summed E-state index contributed by atoms with van der Waals surface area (Å²) >= 11 is 0. The summed E-state index contributed by atoms with van der Waals surface area (Å²) in [7, 11) is 1.83. The second-order valence-corrected chi connectivity index (χ2v) is 6.94. The van der Waals surface area contributed by atoms with Crippen LogP contribution in [0.3, 0.4) is 0 Å². The molecule has 0 saturated carbocycles. The molecule has 0 unspecified atom stereocenters. The standard InChI is InChI=1S/C22H23N9O/c1-3-32-17-4-8-25-16(13-17)14-20(24)31-11-7-15(12-19(31)23)18-5-9-26-22(28-18)29-21-6-10-27-30(21)2/h4-13,23-24H,3,14H2,1-2H3,(H,26,28,29). The number of pyridine rings is 2. The number of ether oxygens (including phenoxy) is 1. The Morgan fingerprint density at radius 1 is 1.09 bits per heavy atom. The molecular formula is C22H23N9O. The molecule has 10 heteroatoms. The highest BCUT2D eigenvalue weighted by atomic mass is 16.5. The van der Waals surface area contributed by atoms with Crippen molar-refractivity contribution >= 4 is 17.6 Å². The fourth-order valence-corrected chi connectivity index (χ4v) is 3.15. The molecule has 10 nitrogen and oxygen atoms in total. The number of hydrogen-bond donors (Lipinski definition) is 3. The molecule has 162 valence electrons. The number of rotatable bonds is 7. The lowest BCUT2D eigenvalue weighted by Gasteiger charge is -2.11. The van der Waals surface area contributed by atoms with E-state index in [2.05, 4.69) is 25.4 Å². The molecule has 4 aromatic rings. The van der Waals surface area contributed by atoms with E-state index in [-0.39, 0.29) is 17.7 Å². The van der Waals surface area contributed by atoms with Crippen molar-refractivity contribution < 1.29 is 4.74 Å². The van der Waals surface area contributed by atoms with Crippen LogP contribution in [0.4, 0.5) is 11.8 Å². The molecule has 3 N–H and O–H groups in total. The van der Waals surface area contributed by atoms with E-state index in [0.29, 0.717) is 23.9 Å². The summed E-state index contributed by atoms with van der Waals surface area (Å²) in [5.41, 5.74) is 2.31. The summed E-state index contributed by atoms with van der Waals surface area (Å²) in [4.78, 5) is 13.1. The molecule has 32 heavy (non-hydrogen) atoms. The molecule has 0 spiro atoms. The van der Waals surface area contributed by atoms with E-state index in [1.807, 2.05) is 32.2 Å². The first-order valence-electron chi connectivity index (χ1n) is 10.0. The first kappa shape index (κ1) is 20.9. The molecular weight excluding hydrogens is 406 g/mol. The van der Waals surface area contributed by atoms with Crippen LogP contribution in [0.25, 0.3) is 11.3 Å². The molecule has 0 radical (unpaired) electrons. The van der Waals surface area contributed by atoms with Crippen LogP contribution in [0.5, 0.6) is 5.75 Å². The van der Waals surface area contributed by atoms with Gasteiger partial charge >= 0.3 is 0 Å². The van der Waals surface area contributed by atoms with E-state index >= 15 is 0 Å². The smallest absolute Gasteiger partial charge is 0.228 e. The van der Waals surface area contributed by atoms with Gasteiger partial charge in [0.2, 0.25) is 5.95 Å². The highest BCUT2D eigenvalue weighted by Gasteiger charge is 2.09. The van der Waals surface area contributed by atoms with Crippen molar-refractivity contribution in [1.82, 2.24) is 29.3 Å². The van der Waals surface area contributed by atoms with E-state index < -0.39 is 0 Å². The molecule has 0 saturated heterocycles. The highest BCUT2D eigenvalue weighted by Crippen LogP contribution is 2.18. The molecule has 0 amide bonds. The zero-order valence-electron chi connectivity index (χ0n) is 17.8. The summed E-state index contributed by atoms with van der Waals surface area (Å²) in [6, 6.07) is 10.7. The molecule has 0 aromatic carbocycles. The van der Waals surface area contributed by atoms with Gasteiger partial charge in [0, 0.05) is 49.8 Å². The normalized spacial score (nSPS) is 10.7. The second kappa shape index (κ2) is 9.21. The topological polar surface area (TPSA) is 130 Å². The van der Waals surface area contributed by atoms with Gasteiger partial charge in [0.15, 0.2) is 0 Å². The Morgan fingerprint density at radius 2 is 1.94 bits per heavy atom. The molecule has 0 aliphatic carbocycles. The zero-order chi connectivity index (χ0) is 22.5. The van der Waals surface area contributed by atoms with Crippen LogP contribution in [0.1, 0.15) is 12.6 Å². The Balaban J connectivity index is 1.53. The van der Waals surface area contributed by atoms with Crippen LogP contribution in [-0.4, -0.2) is 41.7 Å². The van der Waals surface area contributed by atoms with Gasteiger partial charge in [-0.2, -0.15) is 5.10 Å². The maximum atomic E-state index is 8.44. The molecule has 0 atom stereocenters. The molecule has 0 aliphatic heterocycles. The maximum Gasteiger partial charge on any atom is 0.228 e. The lowest BCUT2D eigenvalue weighted by Crippen LogP contribution is -2.27. The molecule has 0 fully saturated rings. The van der Waals surface area contributed by atoms with Crippen molar-refractivity contribution in [2.45, 2.75) is 13.3 Å². The van der Waals surface area contributed by atoms with Crippen LogP contribution in [0.15, 0.2) is 61.2 Å². The largest absolute Gasteiger partial charge is 0.494 e.